The standard InChI is InChI=1S/C21H20F2N4O3/c1-2-29-18-12-15(4-6-17(18)30-21(22)23)5-7-20(28)25-14-16-8-10-24-19(13-16)27-11-3-9-26-27/h3-13,21H,2,14H2,1H3,(H,25,28)/b7-5+. The predicted octanol–water partition coefficient (Wildman–Crippen LogP) is 3.60. The molecular weight excluding hydrogens is 394 g/mol. The van der Waals surface area contributed by atoms with Gasteiger partial charge in [0, 0.05) is 31.2 Å². The molecule has 0 fully saturated rings. The number of nitrogens with one attached hydrogen (secondary N) is 1. The summed E-state index contributed by atoms with van der Waals surface area (Å²) in [6.07, 6.45) is 8.00. The van der Waals surface area contributed by atoms with Crippen LogP contribution in [0.15, 0.2) is 61.1 Å². The first-order valence-electron chi connectivity index (χ1n) is 9.17. The largest absolute Gasteiger partial charge is 0.490 e. The van der Waals surface area contributed by atoms with E-state index in [0.717, 1.165) is 5.56 Å². The molecule has 2 aromatic heterocycles. The second kappa shape index (κ2) is 10.1. The maximum Gasteiger partial charge on any atom is 0.387 e. The van der Waals surface area contributed by atoms with Crippen molar-refractivity contribution in [3.05, 3.63) is 72.2 Å². The molecule has 3 rings (SSSR count). The van der Waals surface area contributed by atoms with Crippen molar-refractivity contribution in [2.45, 2.75) is 20.1 Å². The highest BCUT2D eigenvalue weighted by Gasteiger charge is 2.11. The van der Waals surface area contributed by atoms with Crippen molar-refractivity contribution < 1.29 is 23.0 Å². The van der Waals surface area contributed by atoms with Gasteiger partial charge >= 0.3 is 6.61 Å². The quantitative estimate of drug-likeness (QED) is 0.542. The van der Waals surface area contributed by atoms with Crippen molar-refractivity contribution in [3.8, 4) is 17.3 Å². The number of carbonyl (C=O) groups is 1. The van der Waals surface area contributed by atoms with E-state index >= 15 is 0 Å². The second-order valence-corrected chi connectivity index (χ2v) is 6.04. The summed E-state index contributed by atoms with van der Waals surface area (Å²) in [4.78, 5) is 16.4. The zero-order chi connectivity index (χ0) is 21.3. The molecule has 0 aliphatic heterocycles. The monoisotopic (exact) mass is 414 g/mol. The van der Waals surface area contributed by atoms with Crippen LogP contribution < -0.4 is 14.8 Å². The maximum atomic E-state index is 12.5. The number of halogens is 2. The summed E-state index contributed by atoms with van der Waals surface area (Å²) in [6, 6.07) is 9.89. The molecule has 1 aromatic carbocycles. The third kappa shape index (κ3) is 5.87. The van der Waals surface area contributed by atoms with Gasteiger partial charge in [-0.3, -0.25) is 4.79 Å². The Balaban J connectivity index is 1.61. The summed E-state index contributed by atoms with van der Waals surface area (Å²) in [5.74, 6) is 0.470. The Morgan fingerprint density at radius 3 is 2.83 bits per heavy atom. The van der Waals surface area contributed by atoms with Gasteiger partial charge in [-0.25, -0.2) is 9.67 Å². The molecule has 9 heteroatoms. The molecule has 3 aromatic rings. The zero-order valence-corrected chi connectivity index (χ0v) is 16.2. The average Bonchev–Trinajstić information content (AvgIpc) is 3.27. The Hall–Kier alpha value is -3.75. The Labute approximate surface area is 172 Å². The van der Waals surface area contributed by atoms with Crippen LogP contribution in [0.1, 0.15) is 18.1 Å². The Bertz CT molecular complexity index is 1010. The van der Waals surface area contributed by atoms with Gasteiger partial charge in [0.25, 0.3) is 0 Å². The van der Waals surface area contributed by atoms with Gasteiger partial charge in [-0.1, -0.05) is 6.07 Å². The first kappa shape index (κ1) is 21.0. The zero-order valence-electron chi connectivity index (χ0n) is 16.2. The van der Waals surface area contributed by atoms with E-state index in [9.17, 15) is 13.6 Å². The second-order valence-electron chi connectivity index (χ2n) is 6.04. The SMILES string of the molecule is CCOc1cc(/C=C/C(=O)NCc2ccnc(-n3cccn3)c2)ccc1OC(F)F. The average molecular weight is 414 g/mol. The number of alkyl halides is 2. The third-order valence-electron chi connectivity index (χ3n) is 3.93. The van der Waals surface area contributed by atoms with Crippen molar-refractivity contribution in [1.29, 1.82) is 0 Å². The minimum atomic E-state index is -2.95. The van der Waals surface area contributed by atoms with Crippen LogP contribution in [0.5, 0.6) is 11.5 Å². The van der Waals surface area contributed by atoms with Crippen LogP contribution in [0.3, 0.4) is 0 Å². The van der Waals surface area contributed by atoms with Crippen LogP contribution in [0, 0.1) is 0 Å². The topological polar surface area (TPSA) is 78.3 Å². The van der Waals surface area contributed by atoms with E-state index in [1.165, 1.54) is 18.2 Å². The van der Waals surface area contributed by atoms with Gasteiger partial charge in [-0.15, -0.1) is 0 Å². The van der Waals surface area contributed by atoms with Gasteiger partial charge in [0.1, 0.15) is 0 Å². The van der Waals surface area contributed by atoms with Crippen molar-refractivity contribution in [3.63, 3.8) is 0 Å². The molecule has 0 aliphatic rings. The maximum absolute atomic E-state index is 12.5. The van der Waals surface area contributed by atoms with Gasteiger partial charge in [-0.05, 0) is 54.5 Å². The molecule has 0 atom stereocenters. The number of benzene rings is 1. The fraction of sp³-hybridized carbons (Fsp3) is 0.190. The van der Waals surface area contributed by atoms with Gasteiger partial charge in [-0.2, -0.15) is 13.9 Å². The number of ether oxygens (including phenoxy) is 2. The van der Waals surface area contributed by atoms with E-state index < -0.39 is 6.61 Å². The molecule has 1 N–H and O–H groups in total. The third-order valence-corrected chi connectivity index (χ3v) is 3.93. The minimum absolute atomic E-state index is 0.0564. The molecule has 0 saturated carbocycles. The molecule has 2 heterocycles. The highest BCUT2D eigenvalue weighted by molar-refractivity contribution is 5.91. The number of aromatic nitrogens is 3. The highest BCUT2D eigenvalue weighted by Crippen LogP contribution is 2.30. The Morgan fingerprint density at radius 1 is 1.23 bits per heavy atom. The molecule has 0 saturated heterocycles. The van der Waals surface area contributed by atoms with Crippen LogP contribution in [0.25, 0.3) is 11.9 Å². The fourth-order valence-electron chi connectivity index (χ4n) is 2.61. The molecule has 0 spiro atoms. The molecular formula is C21H20F2N4O3. The van der Waals surface area contributed by atoms with Crippen LogP contribution in [0.4, 0.5) is 8.78 Å². The van der Waals surface area contributed by atoms with Crippen molar-refractivity contribution in [2.75, 3.05) is 6.61 Å². The lowest BCUT2D eigenvalue weighted by atomic mass is 10.2. The van der Waals surface area contributed by atoms with Crippen LogP contribution in [0.2, 0.25) is 0 Å². The molecule has 0 aliphatic carbocycles. The van der Waals surface area contributed by atoms with Crippen molar-refractivity contribution in [1.82, 2.24) is 20.1 Å². The molecule has 7 nitrogen and oxygen atoms in total. The van der Waals surface area contributed by atoms with E-state index in [1.54, 1.807) is 54.5 Å². The van der Waals surface area contributed by atoms with Gasteiger partial charge in [0.15, 0.2) is 17.3 Å². The molecule has 0 bridgehead atoms. The number of amides is 1. The van der Waals surface area contributed by atoms with E-state index in [0.29, 0.717) is 24.5 Å². The molecule has 0 radical (unpaired) electrons. The smallest absolute Gasteiger partial charge is 0.387 e. The Kier molecular flexibility index (Phi) is 7.09. The van der Waals surface area contributed by atoms with Gasteiger partial charge in [0.2, 0.25) is 5.91 Å². The summed E-state index contributed by atoms with van der Waals surface area (Å²) in [7, 11) is 0. The molecule has 156 valence electrons. The van der Waals surface area contributed by atoms with E-state index in [1.807, 2.05) is 6.07 Å². The number of hydrogen-bond donors (Lipinski definition) is 1. The van der Waals surface area contributed by atoms with Crippen LogP contribution in [-0.2, 0) is 11.3 Å². The lowest BCUT2D eigenvalue weighted by Crippen LogP contribution is -2.20. The normalized spacial score (nSPS) is 11.1. The Morgan fingerprint density at radius 2 is 2.10 bits per heavy atom. The molecule has 30 heavy (non-hydrogen) atoms. The van der Waals surface area contributed by atoms with Gasteiger partial charge in [0.05, 0.1) is 6.61 Å². The summed E-state index contributed by atoms with van der Waals surface area (Å²) in [5.41, 5.74) is 1.48. The van der Waals surface area contributed by atoms with Gasteiger partial charge < -0.3 is 14.8 Å². The van der Waals surface area contributed by atoms with Crippen molar-refractivity contribution in [2.24, 2.45) is 0 Å². The lowest BCUT2D eigenvalue weighted by molar-refractivity contribution is -0.116. The summed E-state index contributed by atoms with van der Waals surface area (Å²) >= 11 is 0. The van der Waals surface area contributed by atoms with Crippen molar-refractivity contribution >= 4 is 12.0 Å². The summed E-state index contributed by atoms with van der Waals surface area (Å²) in [5, 5.41) is 6.90. The molecule has 0 unspecified atom stereocenters. The van der Waals surface area contributed by atoms with E-state index in [2.05, 4.69) is 20.1 Å². The minimum Gasteiger partial charge on any atom is -0.490 e. The number of pyridine rings is 1. The first-order valence-corrected chi connectivity index (χ1v) is 9.17. The number of nitrogens with zero attached hydrogens (tertiary/aromatic N) is 3. The number of carbonyl (C=O) groups excluding carboxylic acids is 1. The first-order chi connectivity index (χ1) is 14.5. The fourth-order valence-corrected chi connectivity index (χ4v) is 2.61. The number of rotatable bonds is 9. The van der Waals surface area contributed by atoms with E-state index in [4.69, 9.17) is 4.74 Å². The highest BCUT2D eigenvalue weighted by atomic mass is 19.3. The van der Waals surface area contributed by atoms with E-state index in [-0.39, 0.29) is 17.4 Å². The van der Waals surface area contributed by atoms with Crippen LogP contribution >= 0.6 is 0 Å². The number of hydrogen-bond acceptors (Lipinski definition) is 5. The summed E-state index contributed by atoms with van der Waals surface area (Å²) in [6.45, 7) is -0.609. The van der Waals surface area contributed by atoms with Crippen LogP contribution in [-0.4, -0.2) is 33.9 Å². The lowest BCUT2D eigenvalue weighted by Gasteiger charge is -2.11. The summed E-state index contributed by atoms with van der Waals surface area (Å²) < 4.78 is 36.3. The molecule has 1 amide bonds. The predicted molar refractivity (Wildman–Crippen MR) is 106 cm³/mol.